The number of allylic oxidation sites excluding steroid dienone is 11. The molecule has 0 spiro atoms. The summed E-state index contributed by atoms with van der Waals surface area (Å²) in [6.07, 6.45) is 20.1. The number of nitroso groups, excluding NO2 is 1. The smallest absolute Gasteiger partial charge is 0.300 e. The molecule has 1 atom stereocenters. The molecule has 0 unspecified atom stereocenters. The van der Waals surface area contributed by atoms with E-state index in [9.17, 15) is 19.3 Å². The maximum atomic E-state index is 12.0. The van der Waals surface area contributed by atoms with Gasteiger partial charge in [0.1, 0.15) is 5.78 Å². The molecular weight excluding hydrogens is 414 g/mol. The van der Waals surface area contributed by atoms with Crippen molar-refractivity contribution in [3.05, 3.63) is 76.3 Å². The van der Waals surface area contributed by atoms with Crippen molar-refractivity contribution in [3.8, 4) is 0 Å². The minimum Gasteiger partial charge on any atom is -0.300 e. The van der Waals surface area contributed by atoms with Gasteiger partial charge in [-0.1, -0.05) is 73.6 Å². The van der Waals surface area contributed by atoms with Crippen LogP contribution in [0.2, 0.25) is 0 Å². The minimum atomic E-state index is -0.822. The van der Waals surface area contributed by atoms with E-state index in [1.807, 2.05) is 45.1 Å². The van der Waals surface area contributed by atoms with Gasteiger partial charge in [0.25, 0.3) is 0 Å². The Morgan fingerprint density at radius 3 is 2.29 bits per heavy atom. The van der Waals surface area contributed by atoms with Gasteiger partial charge in [0.15, 0.2) is 5.78 Å². The second-order valence-corrected chi connectivity index (χ2v) is 7.54. The molecule has 0 aliphatic rings. The van der Waals surface area contributed by atoms with Crippen molar-refractivity contribution in [1.29, 1.82) is 0 Å². The van der Waals surface area contributed by atoms with Gasteiger partial charge in [-0.3, -0.25) is 14.4 Å². The molecule has 168 valence electrons. The summed E-state index contributed by atoms with van der Waals surface area (Å²) < 4.78 is 0. The molecule has 0 aromatic rings. The molecule has 1 amide bonds. The van der Waals surface area contributed by atoms with Crippen molar-refractivity contribution in [2.45, 2.75) is 59.3 Å². The van der Waals surface area contributed by atoms with E-state index in [2.05, 4.69) is 5.18 Å². The maximum Gasteiger partial charge on any atom is 0.309 e. The predicted molar refractivity (Wildman–Crippen MR) is 128 cm³/mol. The third kappa shape index (κ3) is 16.8. The number of carbonyl (C=O) groups excluding carboxylic acids is 3. The Morgan fingerprint density at radius 2 is 1.61 bits per heavy atom. The van der Waals surface area contributed by atoms with Gasteiger partial charge in [0.05, 0.1) is 0 Å². The number of halogens is 1. The quantitative estimate of drug-likeness (QED) is 0.159. The largest absolute Gasteiger partial charge is 0.309 e. The molecule has 0 saturated heterocycles. The van der Waals surface area contributed by atoms with E-state index in [-0.39, 0.29) is 17.5 Å². The van der Waals surface area contributed by atoms with Crippen LogP contribution in [0, 0.1) is 10.8 Å². The molecule has 0 rings (SSSR count). The molecule has 0 N–H and O–H groups in total. The number of amides is 1. The van der Waals surface area contributed by atoms with Gasteiger partial charge in [-0.2, -0.15) is 0 Å². The summed E-state index contributed by atoms with van der Waals surface area (Å²) in [6.45, 7) is 5.84. The molecule has 31 heavy (non-hydrogen) atoms. The summed E-state index contributed by atoms with van der Waals surface area (Å²) in [5.41, 5.74) is 0.944. The van der Waals surface area contributed by atoms with Crippen molar-refractivity contribution in [1.82, 2.24) is 0 Å². The second-order valence-electron chi connectivity index (χ2n) is 7.10. The van der Waals surface area contributed by atoms with Crippen LogP contribution in [-0.2, 0) is 14.4 Å². The zero-order chi connectivity index (χ0) is 23.5. The van der Waals surface area contributed by atoms with Crippen molar-refractivity contribution in [2.24, 2.45) is 11.1 Å². The number of carbonyl (C=O) groups is 3. The van der Waals surface area contributed by atoms with Crippen LogP contribution in [0.5, 0.6) is 0 Å². The van der Waals surface area contributed by atoms with Crippen molar-refractivity contribution in [3.63, 3.8) is 0 Å². The molecule has 5 nitrogen and oxygen atoms in total. The highest BCUT2D eigenvalue weighted by molar-refractivity contribution is 6.29. The van der Waals surface area contributed by atoms with Crippen LogP contribution in [0.4, 0.5) is 0 Å². The van der Waals surface area contributed by atoms with Gasteiger partial charge in [-0.05, 0) is 44.3 Å². The molecule has 0 aliphatic carbocycles. The highest BCUT2D eigenvalue weighted by atomic mass is 35.5. The third-order valence-corrected chi connectivity index (χ3v) is 4.77. The van der Waals surface area contributed by atoms with Gasteiger partial charge in [-0.25, -0.2) is 0 Å². The standard InChI is InChI=1S/C25H32ClNO4/c1-4-5-13-22(28)14-10-15-23(29)19-18-21(3)24(26)16-8-6-11-20(2)12-7-9-17-25(30)27-31/h5-9,11-13,16-17,21H,4,10,14-15,18-19H2,1-3H3/b8-6+,12-7+,13-5+,17-9+,20-11+,24-16-/t21-/m0/s1. The van der Waals surface area contributed by atoms with Gasteiger partial charge in [-0.15, -0.1) is 4.91 Å². The van der Waals surface area contributed by atoms with Gasteiger partial charge >= 0.3 is 5.91 Å². The van der Waals surface area contributed by atoms with Gasteiger partial charge in [0, 0.05) is 35.5 Å². The van der Waals surface area contributed by atoms with Crippen LogP contribution in [0.15, 0.2) is 76.5 Å². The lowest BCUT2D eigenvalue weighted by Crippen LogP contribution is -2.04. The van der Waals surface area contributed by atoms with Gasteiger partial charge in [0.2, 0.25) is 0 Å². The SMILES string of the molecule is CC/C=C/C(=O)CCCC(=O)CC[C@H](C)/C(Cl)=C/C=C/C=C(C)/C=C/C=C/C(=O)N=O. The molecule has 0 aliphatic heterocycles. The summed E-state index contributed by atoms with van der Waals surface area (Å²) in [7, 11) is 0. The number of hydrogen-bond donors (Lipinski definition) is 0. The van der Waals surface area contributed by atoms with E-state index >= 15 is 0 Å². The number of nitrogens with zero attached hydrogens (tertiary/aromatic N) is 1. The van der Waals surface area contributed by atoms with E-state index in [4.69, 9.17) is 11.6 Å². The van der Waals surface area contributed by atoms with Gasteiger partial charge < -0.3 is 0 Å². The summed E-state index contributed by atoms with van der Waals surface area (Å²) in [6, 6.07) is 0. The van der Waals surface area contributed by atoms with Crippen molar-refractivity contribution >= 4 is 29.1 Å². The van der Waals surface area contributed by atoms with Crippen LogP contribution in [0.25, 0.3) is 0 Å². The minimum absolute atomic E-state index is 0.0716. The van der Waals surface area contributed by atoms with Crippen molar-refractivity contribution < 1.29 is 14.4 Å². The van der Waals surface area contributed by atoms with Crippen LogP contribution >= 0.6 is 11.6 Å². The van der Waals surface area contributed by atoms with Crippen LogP contribution in [0.1, 0.15) is 59.3 Å². The molecule has 0 saturated carbocycles. The monoisotopic (exact) mass is 445 g/mol. The van der Waals surface area contributed by atoms with E-state index in [1.165, 1.54) is 6.08 Å². The Balaban J connectivity index is 4.33. The normalized spacial score (nSPS) is 14.2. The first-order valence-electron chi connectivity index (χ1n) is 10.4. The topological polar surface area (TPSA) is 80.6 Å². The first-order chi connectivity index (χ1) is 14.8. The fourth-order valence-corrected chi connectivity index (χ4v) is 2.56. The lowest BCUT2D eigenvalue weighted by atomic mass is 10.00. The average molecular weight is 446 g/mol. The lowest BCUT2D eigenvalue weighted by molar-refractivity contribution is -0.119. The Hall–Kier alpha value is -2.66. The predicted octanol–water partition coefficient (Wildman–Crippen LogP) is 6.71. The van der Waals surface area contributed by atoms with Crippen LogP contribution in [-0.4, -0.2) is 17.5 Å². The van der Waals surface area contributed by atoms with Crippen LogP contribution in [0.3, 0.4) is 0 Å². The second kappa shape index (κ2) is 18.1. The number of rotatable bonds is 15. The fourth-order valence-electron chi connectivity index (χ4n) is 2.38. The average Bonchev–Trinajstić information content (AvgIpc) is 2.75. The molecule has 0 heterocycles. The Kier molecular flexibility index (Phi) is 16.6. The number of hydrogen-bond acceptors (Lipinski definition) is 4. The number of Topliss-reactive ketones (excluding diaryl/α,β-unsaturated/α-hetero) is 1. The Morgan fingerprint density at radius 1 is 0.935 bits per heavy atom. The van der Waals surface area contributed by atoms with Crippen LogP contribution < -0.4 is 0 Å². The zero-order valence-corrected chi connectivity index (χ0v) is 19.3. The molecule has 6 heteroatoms. The molecule has 0 radical (unpaired) electrons. The zero-order valence-electron chi connectivity index (χ0n) is 18.6. The van der Waals surface area contributed by atoms with Crippen molar-refractivity contribution in [2.75, 3.05) is 0 Å². The summed E-state index contributed by atoms with van der Waals surface area (Å²) in [4.78, 5) is 44.2. The highest BCUT2D eigenvalue weighted by Crippen LogP contribution is 2.21. The molecule has 0 aromatic heterocycles. The fraction of sp³-hybridized carbons (Fsp3) is 0.400. The molecule has 0 aromatic carbocycles. The molecule has 0 bridgehead atoms. The lowest BCUT2D eigenvalue weighted by Gasteiger charge is -2.09. The highest BCUT2D eigenvalue weighted by Gasteiger charge is 2.10. The number of ketones is 2. The maximum absolute atomic E-state index is 12.0. The van der Waals surface area contributed by atoms with E-state index in [0.717, 1.165) is 18.1 Å². The first kappa shape index (κ1) is 28.3. The van der Waals surface area contributed by atoms with E-state index in [0.29, 0.717) is 37.1 Å². The van der Waals surface area contributed by atoms with E-state index < -0.39 is 5.91 Å². The summed E-state index contributed by atoms with van der Waals surface area (Å²) in [5.74, 6) is -0.522. The first-order valence-corrected chi connectivity index (χ1v) is 10.8. The third-order valence-electron chi connectivity index (χ3n) is 4.27. The Bertz CT molecular complexity index is 785. The van der Waals surface area contributed by atoms with E-state index in [1.54, 1.807) is 24.3 Å². The Labute approximate surface area is 190 Å². The molecule has 0 fully saturated rings. The molecular formula is C25H32ClNO4. The summed E-state index contributed by atoms with van der Waals surface area (Å²) >= 11 is 6.31. The summed E-state index contributed by atoms with van der Waals surface area (Å²) in [5, 5.41) is 2.93.